The van der Waals surface area contributed by atoms with E-state index in [9.17, 15) is 9.59 Å². The number of nitrogen functional groups attached to an aromatic ring is 1. The van der Waals surface area contributed by atoms with Gasteiger partial charge in [0.1, 0.15) is 5.82 Å². The molecule has 3 N–H and O–H groups in total. The van der Waals surface area contributed by atoms with Crippen molar-refractivity contribution in [2.45, 2.75) is 0 Å². The van der Waals surface area contributed by atoms with Crippen LogP contribution in [0.15, 0.2) is 41.0 Å². The number of aromatic nitrogens is 1. The van der Waals surface area contributed by atoms with E-state index < -0.39 is 18.5 Å². The second-order valence-corrected chi connectivity index (χ2v) is 5.57. The highest BCUT2D eigenvalue weighted by molar-refractivity contribution is 9.10. The van der Waals surface area contributed by atoms with Crippen LogP contribution in [0.5, 0.6) is 0 Å². The molecule has 0 aliphatic heterocycles. The lowest BCUT2D eigenvalue weighted by Crippen LogP contribution is -2.21. The molecule has 0 aliphatic carbocycles. The number of anilines is 2. The third kappa shape index (κ3) is 4.44. The minimum Gasteiger partial charge on any atom is -0.452 e. The second-order valence-electron chi connectivity index (χ2n) is 4.22. The Morgan fingerprint density at radius 1 is 1.32 bits per heavy atom. The van der Waals surface area contributed by atoms with Crippen LogP contribution in [-0.4, -0.2) is 23.5 Å². The summed E-state index contributed by atoms with van der Waals surface area (Å²) in [4.78, 5) is 27.5. The molecule has 0 spiro atoms. The third-order valence-corrected chi connectivity index (χ3v) is 3.28. The van der Waals surface area contributed by atoms with Gasteiger partial charge in [0.2, 0.25) is 0 Å². The number of rotatable bonds is 4. The topological polar surface area (TPSA) is 94.3 Å². The summed E-state index contributed by atoms with van der Waals surface area (Å²) in [6, 6.07) is 7.91. The van der Waals surface area contributed by atoms with Gasteiger partial charge >= 0.3 is 5.97 Å². The summed E-state index contributed by atoms with van der Waals surface area (Å²) in [6.45, 7) is -0.449. The molecular formula is C14H11BrClN3O3. The van der Waals surface area contributed by atoms with E-state index in [0.717, 1.165) is 0 Å². The Labute approximate surface area is 139 Å². The molecule has 2 aromatic rings. The van der Waals surface area contributed by atoms with Gasteiger partial charge in [-0.3, -0.25) is 4.79 Å². The van der Waals surface area contributed by atoms with E-state index in [0.29, 0.717) is 15.3 Å². The number of ether oxygens (including phenoxy) is 1. The van der Waals surface area contributed by atoms with E-state index in [1.54, 1.807) is 18.2 Å². The van der Waals surface area contributed by atoms with Crippen molar-refractivity contribution in [3.05, 3.63) is 51.6 Å². The monoisotopic (exact) mass is 383 g/mol. The molecule has 22 heavy (non-hydrogen) atoms. The van der Waals surface area contributed by atoms with Crippen LogP contribution in [0, 0.1) is 0 Å². The van der Waals surface area contributed by atoms with Crippen LogP contribution >= 0.6 is 27.5 Å². The Kier molecular flexibility index (Phi) is 5.35. The lowest BCUT2D eigenvalue weighted by atomic mass is 10.2. The first-order valence-corrected chi connectivity index (χ1v) is 7.26. The molecule has 1 amide bonds. The molecule has 0 radical (unpaired) electrons. The number of pyridine rings is 1. The van der Waals surface area contributed by atoms with Crippen molar-refractivity contribution < 1.29 is 14.3 Å². The van der Waals surface area contributed by atoms with Gasteiger partial charge in [-0.05, 0) is 30.3 Å². The number of benzene rings is 1. The zero-order valence-corrected chi connectivity index (χ0v) is 13.5. The molecule has 0 saturated carbocycles. The van der Waals surface area contributed by atoms with Gasteiger partial charge in [0.25, 0.3) is 5.91 Å². The van der Waals surface area contributed by atoms with Crippen molar-refractivity contribution in [1.82, 2.24) is 4.98 Å². The van der Waals surface area contributed by atoms with Crippen molar-refractivity contribution in [3.63, 3.8) is 0 Å². The lowest BCUT2D eigenvalue weighted by molar-refractivity contribution is -0.119. The van der Waals surface area contributed by atoms with Gasteiger partial charge in [-0.1, -0.05) is 27.5 Å². The number of nitrogens with one attached hydrogen (secondary N) is 1. The summed E-state index contributed by atoms with van der Waals surface area (Å²) < 4.78 is 5.60. The second kappa shape index (κ2) is 7.24. The summed E-state index contributed by atoms with van der Waals surface area (Å²) in [6.07, 6.45) is 1.39. The molecule has 2 rings (SSSR count). The normalized spacial score (nSPS) is 10.1. The van der Waals surface area contributed by atoms with Crippen LogP contribution in [0.4, 0.5) is 11.5 Å². The number of halogens is 2. The van der Waals surface area contributed by atoms with E-state index in [1.807, 2.05) is 0 Å². The summed E-state index contributed by atoms with van der Waals surface area (Å²) in [5.74, 6) is -0.887. The first-order valence-electron chi connectivity index (χ1n) is 6.09. The number of hydrogen-bond acceptors (Lipinski definition) is 5. The maximum Gasteiger partial charge on any atom is 0.340 e. The molecule has 1 aromatic carbocycles. The summed E-state index contributed by atoms with van der Waals surface area (Å²) in [5, 5.41) is 2.93. The highest BCUT2D eigenvalue weighted by Gasteiger charge is 2.14. The molecule has 6 nitrogen and oxygen atoms in total. The predicted molar refractivity (Wildman–Crippen MR) is 86.7 cm³/mol. The maximum absolute atomic E-state index is 11.9. The minimum atomic E-state index is -0.682. The van der Waals surface area contributed by atoms with Crippen molar-refractivity contribution in [1.29, 1.82) is 0 Å². The number of nitrogens with two attached hydrogens (primary N) is 1. The average molecular weight is 385 g/mol. The first kappa shape index (κ1) is 16.3. The highest BCUT2D eigenvalue weighted by atomic mass is 79.9. The lowest BCUT2D eigenvalue weighted by Gasteiger charge is -2.08. The zero-order valence-electron chi connectivity index (χ0n) is 11.2. The third-order valence-electron chi connectivity index (χ3n) is 2.56. The van der Waals surface area contributed by atoms with Gasteiger partial charge in [-0.2, -0.15) is 0 Å². The Hall–Kier alpha value is -2.12. The fourth-order valence-electron chi connectivity index (χ4n) is 1.54. The van der Waals surface area contributed by atoms with Gasteiger partial charge in [0.05, 0.1) is 10.6 Å². The van der Waals surface area contributed by atoms with Crippen molar-refractivity contribution in [2.24, 2.45) is 0 Å². The Morgan fingerprint density at radius 2 is 2.09 bits per heavy atom. The van der Waals surface area contributed by atoms with Crippen molar-refractivity contribution in [3.8, 4) is 0 Å². The molecule has 0 aliphatic rings. The number of amides is 1. The maximum atomic E-state index is 11.9. The highest BCUT2D eigenvalue weighted by Crippen LogP contribution is 2.19. The van der Waals surface area contributed by atoms with Crippen LogP contribution < -0.4 is 11.1 Å². The Morgan fingerprint density at radius 3 is 2.77 bits per heavy atom. The van der Waals surface area contributed by atoms with E-state index >= 15 is 0 Å². The number of hydrogen-bond donors (Lipinski definition) is 2. The van der Waals surface area contributed by atoms with Gasteiger partial charge in [0.15, 0.2) is 6.61 Å². The van der Waals surface area contributed by atoms with Crippen LogP contribution in [0.2, 0.25) is 5.02 Å². The molecular weight excluding hydrogens is 374 g/mol. The largest absolute Gasteiger partial charge is 0.452 e. The zero-order chi connectivity index (χ0) is 16.1. The molecule has 0 atom stereocenters. The van der Waals surface area contributed by atoms with Gasteiger partial charge < -0.3 is 15.8 Å². The molecule has 0 fully saturated rings. The van der Waals surface area contributed by atoms with Gasteiger partial charge in [0, 0.05) is 16.4 Å². The fraction of sp³-hybridized carbons (Fsp3) is 0.0714. The Balaban J connectivity index is 1.91. The van der Waals surface area contributed by atoms with Crippen molar-refractivity contribution >= 4 is 50.9 Å². The summed E-state index contributed by atoms with van der Waals surface area (Å²) in [5.41, 5.74) is 6.15. The van der Waals surface area contributed by atoms with Crippen LogP contribution in [0.25, 0.3) is 0 Å². The van der Waals surface area contributed by atoms with Gasteiger partial charge in [-0.15, -0.1) is 0 Å². The number of nitrogens with zero attached hydrogens (tertiary/aromatic N) is 1. The van der Waals surface area contributed by atoms with Crippen molar-refractivity contribution in [2.75, 3.05) is 17.7 Å². The smallest absolute Gasteiger partial charge is 0.340 e. The summed E-state index contributed by atoms with van der Waals surface area (Å²) >= 11 is 8.92. The van der Waals surface area contributed by atoms with Crippen LogP contribution in [-0.2, 0) is 9.53 Å². The molecule has 0 saturated heterocycles. The molecule has 0 bridgehead atoms. The van der Waals surface area contributed by atoms with E-state index in [4.69, 9.17) is 22.1 Å². The SMILES string of the molecule is Nc1ccc(Br)cc1C(=O)OCC(=O)Nc1ccc(Cl)cn1. The van der Waals surface area contributed by atoms with E-state index in [-0.39, 0.29) is 11.3 Å². The standard InChI is InChI=1S/C14H11BrClN3O3/c15-8-1-3-11(17)10(5-8)14(21)22-7-13(20)19-12-4-2-9(16)6-18-12/h1-6H,7,17H2,(H,18,19,20). The molecule has 114 valence electrons. The number of carbonyl (C=O) groups is 2. The van der Waals surface area contributed by atoms with Crippen LogP contribution in [0.1, 0.15) is 10.4 Å². The number of carbonyl (C=O) groups excluding carboxylic acids is 2. The Bertz CT molecular complexity index is 707. The van der Waals surface area contributed by atoms with Gasteiger partial charge in [-0.25, -0.2) is 9.78 Å². The average Bonchev–Trinajstić information content (AvgIpc) is 2.49. The molecule has 1 aromatic heterocycles. The molecule has 8 heteroatoms. The quantitative estimate of drug-likeness (QED) is 0.624. The number of esters is 1. The first-order chi connectivity index (χ1) is 10.5. The van der Waals surface area contributed by atoms with E-state index in [1.165, 1.54) is 18.3 Å². The van der Waals surface area contributed by atoms with Crippen LogP contribution in [0.3, 0.4) is 0 Å². The predicted octanol–water partition coefficient (Wildman–Crippen LogP) is 2.88. The fourth-order valence-corrected chi connectivity index (χ4v) is 2.02. The molecule has 1 heterocycles. The molecule has 0 unspecified atom stereocenters. The minimum absolute atomic E-state index is 0.187. The summed E-state index contributed by atoms with van der Waals surface area (Å²) in [7, 11) is 0. The van der Waals surface area contributed by atoms with E-state index in [2.05, 4.69) is 26.2 Å².